The Morgan fingerprint density at radius 1 is 0.735 bits per heavy atom. The minimum absolute atomic E-state index is 0.0949. The number of nitro groups is 1. The molecule has 0 spiro atoms. The number of nitrogens with one attached hydrogen (secondary N) is 4. The summed E-state index contributed by atoms with van der Waals surface area (Å²) >= 11 is 0. The first-order chi connectivity index (χ1) is 16.4. The summed E-state index contributed by atoms with van der Waals surface area (Å²) in [5, 5.41) is 21.9. The first-order valence-corrected chi connectivity index (χ1v) is 9.91. The van der Waals surface area contributed by atoms with E-state index >= 15 is 0 Å². The molecule has 170 valence electrons. The van der Waals surface area contributed by atoms with Crippen molar-refractivity contribution in [2.24, 2.45) is 0 Å². The molecule has 0 unspecified atom stereocenters. The lowest BCUT2D eigenvalue weighted by Gasteiger charge is -2.14. The Labute approximate surface area is 191 Å². The summed E-state index contributed by atoms with van der Waals surface area (Å²) < 4.78 is 5.07. The van der Waals surface area contributed by atoms with Crippen LogP contribution >= 0.6 is 0 Å². The number of carbonyl (C=O) groups is 2. The molecule has 34 heavy (non-hydrogen) atoms. The molecule has 11 nitrogen and oxygen atoms in total. The largest absolute Gasteiger partial charge is 0.423 e. The molecule has 0 saturated carbocycles. The number of non-ortho nitro benzene ring substituents is 1. The normalized spacial score (nSPS) is 10.4. The van der Waals surface area contributed by atoms with Crippen molar-refractivity contribution in [1.29, 1.82) is 0 Å². The van der Waals surface area contributed by atoms with Gasteiger partial charge in [-0.2, -0.15) is 0 Å². The average molecular weight is 459 g/mol. The van der Waals surface area contributed by atoms with Crippen molar-refractivity contribution in [3.05, 3.63) is 99.4 Å². The third kappa shape index (κ3) is 5.34. The molecule has 0 aliphatic rings. The predicted molar refractivity (Wildman–Crippen MR) is 127 cm³/mol. The lowest BCUT2D eigenvalue weighted by Crippen LogP contribution is -2.23. The number of rotatable bonds is 5. The molecule has 4 rings (SSSR count). The Hall–Kier alpha value is -5.19. The maximum Gasteiger partial charge on any atom is 0.336 e. The molecule has 4 aromatic rings. The van der Waals surface area contributed by atoms with E-state index in [9.17, 15) is 24.5 Å². The number of carbonyl (C=O) groups excluding carboxylic acids is 2. The van der Waals surface area contributed by atoms with E-state index < -0.39 is 22.6 Å². The number of hydrogen-bond acceptors (Lipinski definition) is 6. The van der Waals surface area contributed by atoms with Crippen LogP contribution < -0.4 is 26.9 Å². The summed E-state index contributed by atoms with van der Waals surface area (Å²) in [7, 11) is 0. The van der Waals surface area contributed by atoms with Gasteiger partial charge in [-0.15, -0.1) is 0 Å². The monoisotopic (exact) mass is 459 g/mol. The SMILES string of the molecule is O=C(Nc1ccc([N+](=O)[O-])cc1)Nc1ccccc1NC(=O)Nc1ccc2oc(=O)ccc2c1. The van der Waals surface area contributed by atoms with Crippen LogP contribution in [-0.4, -0.2) is 17.0 Å². The van der Waals surface area contributed by atoms with Gasteiger partial charge in [-0.3, -0.25) is 10.1 Å². The van der Waals surface area contributed by atoms with Gasteiger partial charge in [0.1, 0.15) is 5.58 Å². The van der Waals surface area contributed by atoms with Gasteiger partial charge in [-0.1, -0.05) is 12.1 Å². The number of para-hydroxylation sites is 2. The highest BCUT2D eigenvalue weighted by molar-refractivity contribution is 6.06. The van der Waals surface area contributed by atoms with Gasteiger partial charge in [0.05, 0.1) is 16.3 Å². The van der Waals surface area contributed by atoms with Crippen molar-refractivity contribution >= 4 is 51.5 Å². The third-order valence-corrected chi connectivity index (χ3v) is 4.64. The van der Waals surface area contributed by atoms with Crippen LogP contribution in [0.25, 0.3) is 11.0 Å². The summed E-state index contributed by atoms with van der Waals surface area (Å²) in [6.45, 7) is 0. The van der Waals surface area contributed by atoms with Crippen molar-refractivity contribution in [2.45, 2.75) is 0 Å². The summed E-state index contributed by atoms with van der Waals surface area (Å²) in [5.74, 6) is 0. The van der Waals surface area contributed by atoms with E-state index in [-0.39, 0.29) is 5.69 Å². The van der Waals surface area contributed by atoms with Crippen LogP contribution in [0.1, 0.15) is 0 Å². The first-order valence-electron chi connectivity index (χ1n) is 9.91. The van der Waals surface area contributed by atoms with Gasteiger partial charge < -0.3 is 25.7 Å². The highest BCUT2D eigenvalue weighted by Crippen LogP contribution is 2.23. The molecule has 0 aliphatic carbocycles. The number of fused-ring (bicyclic) bond motifs is 1. The summed E-state index contributed by atoms with van der Waals surface area (Å²) in [4.78, 5) is 46.4. The van der Waals surface area contributed by atoms with E-state index in [0.29, 0.717) is 33.7 Å². The van der Waals surface area contributed by atoms with Crippen LogP contribution in [0, 0.1) is 10.1 Å². The Morgan fingerprint density at radius 2 is 1.32 bits per heavy atom. The second kappa shape index (κ2) is 9.53. The highest BCUT2D eigenvalue weighted by atomic mass is 16.6. The average Bonchev–Trinajstić information content (AvgIpc) is 2.80. The number of nitro benzene ring substituents is 1. The number of benzene rings is 3. The van der Waals surface area contributed by atoms with Gasteiger partial charge in [-0.05, 0) is 48.5 Å². The molecule has 0 bridgehead atoms. The quantitative estimate of drug-likeness (QED) is 0.187. The van der Waals surface area contributed by atoms with Crippen molar-refractivity contribution < 1.29 is 18.9 Å². The van der Waals surface area contributed by atoms with Gasteiger partial charge in [0.2, 0.25) is 0 Å². The molecule has 4 N–H and O–H groups in total. The summed E-state index contributed by atoms with van der Waals surface area (Å²) in [6.07, 6.45) is 0. The van der Waals surface area contributed by atoms with Gasteiger partial charge in [-0.25, -0.2) is 14.4 Å². The molecular formula is C23H17N5O6. The zero-order valence-corrected chi connectivity index (χ0v) is 17.4. The molecule has 1 aromatic heterocycles. The van der Waals surface area contributed by atoms with Crippen molar-refractivity contribution in [3.8, 4) is 0 Å². The fourth-order valence-corrected chi connectivity index (χ4v) is 3.09. The number of anilines is 4. The van der Waals surface area contributed by atoms with E-state index in [0.717, 1.165) is 0 Å². The maximum absolute atomic E-state index is 12.5. The van der Waals surface area contributed by atoms with Gasteiger partial charge in [0, 0.05) is 35.0 Å². The first kappa shape index (κ1) is 22.0. The highest BCUT2D eigenvalue weighted by Gasteiger charge is 2.11. The van der Waals surface area contributed by atoms with Gasteiger partial charge in [0.25, 0.3) is 5.69 Å². The number of hydrogen-bond donors (Lipinski definition) is 4. The van der Waals surface area contributed by atoms with Gasteiger partial charge >= 0.3 is 17.7 Å². The van der Waals surface area contributed by atoms with Gasteiger partial charge in [0.15, 0.2) is 0 Å². The predicted octanol–water partition coefficient (Wildman–Crippen LogP) is 4.99. The minimum atomic E-state index is -0.598. The van der Waals surface area contributed by atoms with E-state index in [1.807, 2.05) is 0 Å². The van der Waals surface area contributed by atoms with Crippen LogP contribution in [0.3, 0.4) is 0 Å². The molecule has 4 amide bonds. The van der Waals surface area contributed by atoms with E-state index in [1.54, 1.807) is 48.5 Å². The van der Waals surface area contributed by atoms with Crippen molar-refractivity contribution in [2.75, 3.05) is 21.3 Å². The van der Waals surface area contributed by atoms with Crippen LogP contribution in [0.2, 0.25) is 0 Å². The van der Waals surface area contributed by atoms with Crippen LogP contribution in [0.4, 0.5) is 38.0 Å². The second-order valence-corrected chi connectivity index (χ2v) is 7.01. The van der Waals surface area contributed by atoms with Crippen LogP contribution in [-0.2, 0) is 0 Å². The van der Waals surface area contributed by atoms with E-state index in [2.05, 4.69) is 21.3 Å². The maximum atomic E-state index is 12.5. The standard InChI is InChI=1S/C23H17N5O6/c29-21-12-5-14-13-16(8-11-20(14)34-21)25-23(31)27-19-4-2-1-3-18(19)26-22(30)24-15-6-9-17(10-7-15)28(32)33/h1-13H,(H2,24,26,30)(H2,25,27,31). The van der Waals surface area contributed by atoms with Crippen LogP contribution in [0.15, 0.2) is 88.1 Å². The Kier molecular flexibility index (Phi) is 6.17. The number of amides is 4. The molecule has 1 heterocycles. The Bertz CT molecular complexity index is 1450. The molecule has 11 heteroatoms. The topological polar surface area (TPSA) is 156 Å². The molecule has 0 saturated heterocycles. The minimum Gasteiger partial charge on any atom is -0.423 e. The van der Waals surface area contributed by atoms with E-state index in [1.165, 1.54) is 30.3 Å². The molecule has 3 aromatic carbocycles. The lowest BCUT2D eigenvalue weighted by atomic mass is 10.2. The smallest absolute Gasteiger partial charge is 0.336 e. The molecular weight excluding hydrogens is 442 g/mol. The van der Waals surface area contributed by atoms with Crippen molar-refractivity contribution in [3.63, 3.8) is 0 Å². The molecule has 0 aliphatic heterocycles. The molecule has 0 radical (unpaired) electrons. The number of nitrogens with zero attached hydrogens (tertiary/aromatic N) is 1. The summed E-state index contributed by atoms with van der Waals surface area (Å²) in [5.41, 5.74) is 1.34. The molecule has 0 atom stereocenters. The zero-order valence-electron chi connectivity index (χ0n) is 17.4. The zero-order chi connectivity index (χ0) is 24.1. The fourth-order valence-electron chi connectivity index (χ4n) is 3.09. The second-order valence-electron chi connectivity index (χ2n) is 7.01. The van der Waals surface area contributed by atoms with E-state index in [4.69, 9.17) is 4.42 Å². The Morgan fingerprint density at radius 3 is 1.94 bits per heavy atom. The third-order valence-electron chi connectivity index (χ3n) is 4.64. The Balaban J connectivity index is 1.41. The fraction of sp³-hybridized carbons (Fsp3) is 0. The number of urea groups is 2. The lowest BCUT2D eigenvalue weighted by molar-refractivity contribution is -0.384. The van der Waals surface area contributed by atoms with Crippen LogP contribution in [0.5, 0.6) is 0 Å². The van der Waals surface area contributed by atoms with Crippen molar-refractivity contribution in [1.82, 2.24) is 0 Å². The molecule has 0 fully saturated rings. The summed E-state index contributed by atoms with van der Waals surface area (Å²) in [6, 6.07) is 18.5.